The summed E-state index contributed by atoms with van der Waals surface area (Å²) in [4.78, 5) is 16.4. The number of hydrogen-bond acceptors (Lipinski definition) is 5. The van der Waals surface area contributed by atoms with E-state index < -0.39 is 15.9 Å². The molecule has 0 unspecified atom stereocenters. The van der Waals surface area contributed by atoms with Crippen LogP contribution in [0.4, 0.5) is 0 Å². The van der Waals surface area contributed by atoms with Crippen LogP contribution in [0, 0.1) is 6.92 Å². The summed E-state index contributed by atoms with van der Waals surface area (Å²) < 4.78 is 30.7. The van der Waals surface area contributed by atoms with E-state index in [1.807, 2.05) is 17.7 Å². The molecular weight excluding hydrogens is 400 g/mol. The Balaban J connectivity index is 2.05. The van der Waals surface area contributed by atoms with Crippen LogP contribution >= 0.6 is 11.6 Å². The molecule has 1 N–H and O–H groups in total. The van der Waals surface area contributed by atoms with Crippen molar-refractivity contribution in [2.24, 2.45) is 0 Å². The van der Waals surface area contributed by atoms with E-state index in [9.17, 15) is 13.2 Å². The zero-order valence-electron chi connectivity index (χ0n) is 15.1. The van der Waals surface area contributed by atoms with Crippen LogP contribution in [-0.2, 0) is 10.0 Å². The molecule has 3 rings (SSSR count). The number of aromatic nitrogens is 1. The van der Waals surface area contributed by atoms with Crippen LogP contribution in [-0.4, -0.2) is 25.6 Å². The van der Waals surface area contributed by atoms with Gasteiger partial charge in [-0.15, -0.1) is 0 Å². The molecule has 1 amide bonds. The minimum absolute atomic E-state index is 0.193. The van der Waals surface area contributed by atoms with E-state index in [0.717, 1.165) is 17.5 Å². The van der Waals surface area contributed by atoms with Gasteiger partial charge in [-0.2, -0.15) is 0 Å². The summed E-state index contributed by atoms with van der Waals surface area (Å²) in [6.45, 7) is 1.85. The fourth-order valence-electron chi connectivity index (χ4n) is 2.56. The number of amides is 1. The van der Waals surface area contributed by atoms with Crippen LogP contribution < -0.4 is 9.46 Å². The van der Waals surface area contributed by atoms with E-state index in [-0.39, 0.29) is 5.56 Å². The van der Waals surface area contributed by atoms with Gasteiger partial charge in [0.25, 0.3) is 5.91 Å². The SMILES string of the molecule is Cc1cc(-c2cc(C(=O)NS(C)(=O)=O)ccc2Oc2ccc(Cl)cc2)ccn1. The summed E-state index contributed by atoms with van der Waals surface area (Å²) in [6.07, 6.45) is 2.58. The summed E-state index contributed by atoms with van der Waals surface area (Å²) >= 11 is 5.91. The molecule has 1 aromatic heterocycles. The number of carbonyl (C=O) groups is 1. The monoisotopic (exact) mass is 416 g/mol. The van der Waals surface area contributed by atoms with Crippen molar-refractivity contribution in [3.05, 3.63) is 77.1 Å². The number of rotatable bonds is 5. The molecule has 0 aliphatic rings. The first kappa shape index (κ1) is 19.9. The van der Waals surface area contributed by atoms with Crippen molar-refractivity contribution in [1.82, 2.24) is 9.71 Å². The lowest BCUT2D eigenvalue weighted by Gasteiger charge is -2.14. The van der Waals surface area contributed by atoms with Crippen LogP contribution in [0.1, 0.15) is 16.1 Å². The Kier molecular flexibility index (Phi) is 5.67. The number of sulfonamides is 1. The van der Waals surface area contributed by atoms with E-state index in [1.165, 1.54) is 6.07 Å². The number of benzene rings is 2. The van der Waals surface area contributed by atoms with Crippen molar-refractivity contribution in [2.75, 3.05) is 6.26 Å². The fourth-order valence-corrected chi connectivity index (χ4v) is 3.14. The summed E-state index contributed by atoms with van der Waals surface area (Å²) in [6, 6.07) is 15.2. The standard InChI is InChI=1S/C20H17ClN2O4S/c1-13-11-14(9-10-22-13)18-12-15(20(24)23-28(2,25)26)3-8-19(18)27-17-6-4-16(21)5-7-17/h3-12H,1-2H3,(H,23,24). The zero-order valence-corrected chi connectivity index (χ0v) is 16.7. The van der Waals surface area contributed by atoms with Gasteiger partial charge in [-0.25, -0.2) is 13.1 Å². The maximum atomic E-state index is 12.3. The third-order valence-corrected chi connectivity index (χ3v) is 4.58. The van der Waals surface area contributed by atoms with Gasteiger partial charge < -0.3 is 4.74 Å². The third kappa shape index (κ3) is 5.09. The highest BCUT2D eigenvalue weighted by Gasteiger charge is 2.16. The van der Waals surface area contributed by atoms with Gasteiger partial charge in [-0.3, -0.25) is 9.78 Å². The van der Waals surface area contributed by atoms with E-state index in [4.69, 9.17) is 16.3 Å². The second-order valence-corrected chi connectivity index (χ2v) is 8.34. The smallest absolute Gasteiger partial charge is 0.264 e. The predicted octanol–water partition coefficient (Wildman–Crippen LogP) is 4.19. The molecule has 2 aromatic carbocycles. The maximum Gasteiger partial charge on any atom is 0.264 e. The van der Waals surface area contributed by atoms with E-state index in [1.54, 1.807) is 48.7 Å². The summed E-state index contributed by atoms with van der Waals surface area (Å²) in [5, 5.41) is 0.588. The minimum atomic E-state index is -3.67. The highest BCUT2D eigenvalue weighted by atomic mass is 35.5. The maximum absolute atomic E-state index is 12.3. The van der Waals surface area contributed by atoms with Crippen LogP contribution in [0.25, 0.3) is 11.1 Å². The molecular formula is C20H17ClN2O4S. The Morgan fingerprint density at radius 3 is 2.43 bits per heavy atom. The molecule has 0 aliphatic heterocycles. The average Bonchev–Trinajstić information content (AvgIpc) is 2.62. The first-order chi connectivity index (χ1) is 13.2. The second-order valence-electron chi connectivity index (χ2n) is 6.16. The third-order valence-electron chi connectivity index (χ3n) is 3.77. The summed E-state index contributed by atoms with van der Waals surface area (Å²) in [5.74, 6) is 0.362. The fraction of sp³-hybridized carbons (Fsp3) is 0.100. The largest absolute Gasteiger partial charge is 0.457 e. The number of carbonyl (C=O) groups excluding carboxylic acids is 1. The lowest BCUT2D eigenvalue weighted by molar-refractivity contribution is 0.0981. The molecule has 0 saturated carbocycles. The quantitative estimate of drug-likeness (QED) is 0.673. The minimum Gasteiger partial charge on any atom is -0.457 e. The zero-order chi connectivity index (χ0) is 20.3. The lowest BCUT2D eigenvalue weighted by atomic mass is 10.0. The lowest BCUT2D eigenvalue weighted by Crippen LogP contribution is -2.29. The first-order valence-electron chi connectivity index (χ1n) is 8.24. The van der Waals surface area contributed by atoms with Crippen LogP contribution in [0.3, 0.4) is 0 Å². The molecule has 0 saturated heterocycles. The van der Waals surface area contributed by atoms with Crippen LogP contribution in [0.5, 0.6) is 11.5 Å². The van der Waals surface area contributed by atoms with Gasteiger partial charge in [0.1, 0.15) is 11.5 Å². The second kappa shape index (κ2) is 8.00. The van der Waals surface area contributed by atoms with Crippen molar-refractivity contribution in [2.45, 2.75) is 6.92 Å². The molecule has 0 spiro atoms. The van der Waals surface area contributed by atoms with Crippen LogP contribution in [0.2, 0.25) is 5.02 Å². The van der Waals surface area contributed by atoms with Gasteiger partial charge in [0.15, 0.2) is 0 Å². The molecule has 0 fully saturated rings. The summed E-state index contributed by atoms with van der Waals surface area (Å²) in [7, 11) is -3.67. The van der Waals surface area contributed by atoms with Crippen molar-refractivity contribution in [1.29, 1.82) is 0 Å². The molecule has 6 nitrogen and oxygen atoms in total. The molecule has 0 aliphatic carbocycles. The Hall–Kier alpha value is -2.90. The Morgan fingerprint density at radius 2 is 1.79 bits per heavy atom. The van der Waals surface area contributed by atoms with Crippen molar-refractivity contribution >= 4 is 27.5 Å². The highest BCUT2D eigenvalue weighted by molar-refractivity contribution is 7.89. The van der Waals surface area contributed by atoms with Crippen molar-refractivity contribution < 1.29 is 17.9 Å². The molecule has 28 heavy (non-hydrogen) atoms. The van der Waals surface area contributed by atoms with Gasteiger partial charge in [0.05, 0.1) is 6.26 Å². The number of nitrogens with zero attached hydrogens (tertiary/aromatic N) is 1. The Bertz CT molecular complexity index is 1130. The normalized spacial score (nSPS) is 11.1. The molecule has 144 valence electrons. The number of hydrogen-bond donors (Lipinski definition) is 1. The first-order valence-corrected chi connectivity index (χ1v) is 10.5. The molecule has 0 atom stereocenters. The number of aryl methyl sites for hydroxylation is 1. The molecule has 8 heteroatoms. The van der Waals surface area contributed by atoms with Crippen molar-refractivity contribution in [3.63, 3.8) is 0 Å². The van der Waals surface area contributed by atoms with Crippen LogP contribution in [0.15, 0.2) is 60.8 Å². The summed E-state index contributed by atoms with van der Waals surface area (Å²) in [5.41, 5.74) is 2.39. The number of nitrogens with one attached hydrogen (secondary N) is 1. The highest BCUT2D eigenvalue weighted by Crippen LogP contribution is 2.34. The van der Waals surface area contributed by atoms with Crippen molar-refractivity contribution in [3.8, 4) is 22.6 Å². The van der Waals surface area contributed by atoms with Gasteiger partial charge >= 0.3 is 0 Å². The number of halogens is 1. The van der Waals surface area contributed by atoms with E-state index in [2.05, 4.69) is 4.98 Å². The average molecular weight is 417 g/mol. The topological polar surface area (TPSA) is 85.4 Å². The van der Waals surface area contributed by atoms with Gasteiger partial charge in [0.2, 0.25) is 10.0 Å². The molecule has 1 heterocycles. The van der Waals surface area contributed by atoms with E-state index >= 15 is 0 Å². The van der Waals surface area contributed by atoms with Gasteiger partial charge in [0, 0.05) is 28.0 Å². The predicted molar refractivity (Wildman–Crippen MR) is 108 cm³/mol. The van der Waals surface area contributed by atoms with Gasteiger partial charge in [-0.05, 0) is 67.1 Å². The Morgan fingerprint density at radius 1 is 1.07 bits per heavy atom. The molecule has 0 bridgehead atoms. The number of pyridine rings is 1. The number of ether oxygens (including phenoxy) is 1. The molecule has 3 aromatic rings. The Labute approximate surface area is 168 Å². The molecule has 0 radical (unpaired) electrons. The van der Waals surface area contributed by atoms with E-state index in [0.29, 0.717) is 22.1 Å². The van der Waals surface area contributed by atoms with Gasteiger partial charge in [-0.1, -0.05) is 11.6 Å².